The molecule has 0 amide bonds. The van der Waals surface area contributed by atoms with Gasteiger partial charge >= 0.3 is 11.9 Å². The molecular weight excluding hydrogens is 811 g/mol. The van der Waals surface area contributed by atoms with Crippen LogP contribution >= 0.6 is 0 Å². The largest absolute Gasteiger partial charge is 0.544 e. The summed E-state index contributed by atoms with van der Waals surface area (Å²) in [6.45, 7) is 4.54. The summed E-state index contributed by atoms with van der Waals surface area (Å²) < 4.78 is 17.2. The summed E-state index contributed by atoms with van der Waals surface area (Å²) in [6.07, 6.45) is 60.7. The Bertz CT molecular complexity index is 1290. The van der Waals surface area contributed by atoms with E-state index in [4.69, 9.17) is 14.2 Å². The smallest absolute Gasteiger partial charge is 0.306 e. The number of hydrogen-bond acceptors (Lipinski definition) is 7. The van der Waals surface area contributed by atoms with Crippen LogP contribution in [0.25, 0.3) is 0 Å². The van der Waals surface area contributed by atoms with Gasteiger partial charge in [-0.3, -0.25) is 9.59 Å². The highest BCUT2D eigenvalue weighted by atomic mass is 16.6. The molecular formula is C57H99NO7. The SMILES string of the molecule is CC/C=C/C/C=C/C/C=C/C/C=C/CCCCCCCCC(=O)OCC(COCCC(C(=O)[O-])[N+](C)(C)C)OC(=O)CCCCCCCCC/C=C/C/C=C/CCCCCCCCCC. The van der Waals surface area contributed by atoms with Crippen molar-refractivity contribution in [2.75, 3.05) is 41.0 Å². The number of carbonyl (C=O) groups excluding carboxylic acids is 3. The van der Waals surface area contributed by atoms with E-state index in [1.54, 1.807) is 21.1 Å². The number of hydrogen-bond donors (Lipinski definition) is 0. The van der Waals surface area contributed by atoms with Gasteiger partial charge in [-0.05, 0) is 83.5 Å². The lowest BCUT2D eigenvalue weighted by Crippen LogP contribution is -2.55. The van der Waals surface area contributed by atoms with E-state index in [2.05, 4.69) is 86.8 Å². The van der Waals surface area contributed by atoms with E-state index < -0.39 is 18.1 Å². The highest BCUT2D eigenvalue weighted by molar-refractivity contribution is 5.70. The van der Waals surface area contributed by atoms with Crippen LogP contribution < -0.4 is 5.11 Å². The number of likely N-dealkylation sites (N-methyl/N-ethyl adjacent to an activating group) is 1. The number of nitrogens with zero attached hydrogens (tertiary/aromatic N) is 1. The summed E-state index contributed by atoms with van der Waals surface area (Å²) in [6, 6.07) is -0.734. The fourth-order valence-electron chi connectivity index (χ4n) is 7.50. The summed E-state index contributed by atoms with van der Waals surface area (Å²) in [7, 11) is 5.41. The molecule has 0 saturated heterocycles. The maximum atomic E-state index is 12.8. The zero-order valence-corrected chi connectivity index (χ0v) is 42.6. The van der Waals surface area contributed by atoms with Crippen molar-refractivity contribution in [2.24, 2.45) is 0 Å². The van der Waals surface area contributed by atoms with Crippen LogP contribution in [0, 0.1) is 0 Å². The molecule has 65 heavy (non-hydrogen) atoms. The van der Waals surface area contributed by atoms with Crippen molar-refractivity contribution < 1.29 is 38.2 Å². The minimum absolute atomic E-state index is 0.0299. The molecule has 8 heteroatoms. The van der Waals surface area contributed by atoms with Gasteiger partial charge in [-0.2, -0.15) is 0 Å². The fraction of sp³-hybridized carbons (Fsp3) is 0.737. The van der Waals surface area contributed by atoms with Crippen LogP contribution in [0.3, 0.4) is 0 Å². The highest BCUT2D eigenvalue weighted by Gasteiger charge is 2.25. The highest BCUT2D eigenvalue weighted by Crippen LogP contribution is 2.14. The second-order valence-corrected chi connectivity index (χ2v) is 18.7. The molecule has 0 fully saturated rings. The molecule has 2 unspecified atom stereocenters. The van der Waals surface area contributed by atoms with Crippen molar-refractivity contribution in [1.82, 2.24) is 0 Å². The molecule has 0 radical (unpaired) electrons. The number of ether oxygens (including phenoxy) is 3. The van der Waals surface area contributed by atoms with Crippen molar-refractivity contribution in [2.45, 2.75) is 231 Å². The maximum Gasteiger partial charge on any atom is 0.306 e. The molecule has 0 rings (SSSR count). The quantitative estimate of drug-likeness (QED) is 0.0259. The Balaban J connectivity index is 4.28. The summed E-state index contributed by atoms with van der Waals surface area (Å²) in [5.74, 6) is -1.76. The molecule has 0 N–H and O–H groups in total. The van der Waals surface area contributed by atoms with Crippen LogP contribution in [-0.4, -0.2) is 75.5 Å². The van der Waals surface area contributed by atoms with Gasteiger partial charge < -0.3 is 28.6 Å². The number of allylic oxidation sites excluding steroid dienone is 12. The number of carboxylic acid groups (broad SMARTS) is 1. The first-order valence-electron chi connectivity index (χ1n) is 26.5. The predicted octanol–water partition coefficient (Wildman–Crippen LogP) is 14.1. The second kappa shape index (κ2) is 47.3. The third-order valence-corrected chi connectivity index (χ3v) is 11.6. The Morgan fingerprint density at radius 2 is 0.862 bits per heavy atom. The topological polar surface area (TPSA) is 102 Å². The number of rotatable bonds is 47. The van der Waals surface area contributed by atoms with Crippen molar-refractivity contribution in [3.05, 3.63) is 72.9 Å². The number of esters is 2. The molecule has 0 aromatic heterocycles. The summed E-state index contributed by atoms with van der Waals surface area (Å²) >= 11 is 0. The number of unbranched alkanes of at least 4 members (excludes halogenated alkanes) is 21. The molecule has 0 aliphatic rings. The lowest BCUT2D eigenvalue weighted by molar-refractivity contribution is -0.889. The zero-order valence-electron chi connectivity index (χ0n) is 42.6. The summed E-state index contributed by atoms with van der Waals surface area (Å²) in [5.41, 5.74) is 0. The normalized spacial score (nSPS) is 13.4. The third kappa shape index (κ3) is 45.7. The van der Waals surface area contributed by atoms with E-state index >= 15 is 0 Å². The molecule has 0 bridgehead atoms. The average Bonchev–Trinajstić information content (AvgIpc) is 3.27. The molecule has 0 aromatic carbocycles. The van der Waals surface area contributed by atoms with E-state index in [-0.39, 0.29) is 42.7 Å². The lowest BCUT2D eigenvalue weighted by atomic mass is 10.1. The Labute approximate surface area is 400 Å². The summed E-state index contributed by atoms with van der Waals surface area (Å²) in [4.78, 5) is 37.1. The predicted molar refractivity (Wildman–Crippen MR) is 272 cm³/mol. The van der Waals surface area contributed by atoms with Crippen molar-refractivity contribution in [3.8, 4) is 0 Å². The molecule has 0 aromatic rings. The molecule has 0 aliphatic carbocycles. The Hall–Kier alpha value is -3.23. The van der Waals surface area contributed by atoms with Crippen LogP contribution in [0.5, 0.6) is 0 Å². The second-order valence-electron chi connectivity index (χ2n) is 18.7. The zero-order chi connectivity index (χ0) is 47.7. The van der Waals surface area contributed by atoms with E-state index in [0.29, 0.717) is 12.8 Å². The van der Waals surface area contributed by atoms with Gasteiger partial charge in [0.2, 0.25) is 0 Å². The van der Waals surface area contributed by atoms with E-state index in [1.165, 1.54) is 96.3 Å². The first-order valence-corrected chi connectivity index (χ1v) is 26.5. The van der Waals surface area contributed by atoms with Crippen LogP contribution in [0.4, 0.5) is 0 Å². The van der Waals surface area contributed by atoms with Crippen molar-refractivity contribution in [3.63, 3.8) is 0 Å². The third-order valence-electron chi connectivity index (χ3n) is 11.6. The first-order chi connectivity index (χ1) is 31.6. The van der Waals surface area contributed by atoms with Crippen molar-refractivity contribution in [1.29, 1.82) is 0 Å². The Kier molecular flexibility index (Phi) is 44.9. The molecule has 8 nitrogen and oxygen atoms in total. The number of quaternary nitrogens is 1. The van der Waals surface area contributed by atoms with Crippen molar-refractivity contribution >= 4 is 17.9 Å². The minimum Gasteiger partial charge on any atom is -0.544 e. The molecule has 0 heterocycles. The first kappa shape index (κ1) is 61.8. The fourth-order valence-corrected chi connectivity index (χ4v) is 7.50. The standard InChI is InChI=1S/C57H99NO7/c1-6-8-10-12-14-16-18-20-22-24-26-27-28-30-32-34-36-38-40-42-44-46-48-56(60)65-53(51-63-50-49-54(57(61)62)58(3,4)5)52-64-55(59)47-45-43-41-39-37-35-33-31-29-25-23-21-19-17-15-13-11-9-7-2/h9,11,15,17,21,23-24,26,28-31,53-54H,6-8,10,12-14,16,18-20,22,25,27,32-52H2,1-5H3/b11-9+,17-15+,23-21+,26-24+,30-28+,31-29+. The molecule has 374 valence electrons. The van der Waals surface area contributed by atoms with Gasteiger partial charge in [0.25, 0.3) is 0 Å². The number of aliphatic carboxylic acids is 1. The number of carbonyl (C=O) groups is 3. The van der Waals surface area contributed by atoms with Gasteiger partial charge in [-0.15, -0.1) is 0 Å². The van der Waals surface area contributed by atoms with E-state index in [0.717, 1.165) is 89.9 Å². The Morgan fingerprint density at radius 1 is 0.477 bits per heavy atom. The minimum atomic E-state index is -1.13. The van der Waals surface area contributed by atoms with E-state index in [1.807, 2.05) is 0 Å². The maximum absolute atomic E-state index is 12.8. The molecule has 0 saturated carbocycles. The number of carboxylic acids is 1. The van der Waals surface area contributed by atoms with Gasteiger partial charge in [-0.25, -0.2) is 0 Å². The van der Waals surface area contributed by atoms with Crippen LogP contribution in [0.2, 0.25) is 0 Å². The monoisotopic (exact) mass is 910 g/mol. The average molecular weight is 910 g/mol. The van der Waals surface area contributed by atoms with Gasteiger partial charge in [0.1, 0.15) is 12.6 Å². The Morgan fingerprint density at radius 3 is 1.28 bits per heavy atom. The van der Waals surface area contributed by atoms with Gasteiger partial charge in [0, 0.05) is 19.3 Å². The van der Waals surface area contributed by atoms with Gasteiger partial charge in [-0.1, -0.05) is 189 Å². The van der Waals surface area contributed by atoms with Crippen LogP contribution in [0.1, 0.15) is 219 Å². The van der Waals surface area contributed by atoms with Crippen LogP contribution in [-0.2, 0) is 28.6 Å². The summed E-state index contributed by atoms with van der Waals surface area (Å²) in [5, 5.41) is 11.7. The van der Waals surface area contributed by atoms with Crippen LogP contribution in [0.15, 0.2) is 72.9 Å². The lowest BCUT2D eigenvalue weighted by Gasteiger charge is -2.34. The van der Waals surface area contributed by atoms with Gasteiger partial charge in [0.15, 0.2) is 6.10 Å². The molecule has 0 spiro atoms. The molecule has 2 atom stereocenters. The molecule has 0 aliphatic heterocycles. The van der Waals surface area contributed by atoms with Gasteiger partial charge in [0.05, 0.1) is 40.3 Å². The van der Waals surface area contributed by atoms with E-state index in [9.17, 15) is 19.5 Å².